The molecule has 1 aliphatic rings. The first-order chi connectivity index (χ1) is 15.1. The van der Waals surface area contributed by atoms with E-state index in [1.807, 2.05) is 35.2 Å². The van der Waals surface area contributed by atoms with Gasteiger partial charge in [-0.25, -0.2) is 9.98 Å². The number of carbonyl (C=O) groups excluding carboxylic acids is 1. The molecule has 31 heavy (non-hydrogen) atoms. The van der Waals surface area contributed by atoms with Crippen molar-refractivity contribution in [1.82, 2.24) is 20.5 Å². The molecule has 7 heteroatoms. The summed E-state index contributed by atoms with van der Waals surface area (Å²) in [4.78, 5) is 23.9. The summed E-state index contributed by atoms with van der Waals surface area (Å²) in [7, 11) is 0. The van der Waals surface area contributed by atoms with Gasteiger partial charge in [-0.15, -0.1) is 0 Å². The number of rotatable bonds is 8. The van der Waals surface area contributed by atoms with Crippen LogP contribution in [0.3, 0.4) is 0 Å². The zero-order valence-electron chi connectivity index (χ0n) is 18.9. The van der Waals surface area contributed by atoms with Crippen LogP contribution in [0.25, 0.3) is 11.5 Å². The van der Waals surface area contributed by atoms with Crippen LogP contribution < -0.4 is 10.6 Å². The summed E-state index contributed by atoms with van der Waals surface area (Å²) in [5.41, 5.74) is 1.75. The number of aliphatic imine (C=N–C) groups is 1. The summed E-state index contributed by atoms with van der Waals surface area (Å²) in [5, 5.41) is 6.83. The molecule has 0 saturated carbocycles. The molecule has 1 saturated heterocycles. The van der Waals surface area contributed by atoms with Crippen molar-refractivity contribution in [2.75, 3.05) is 19.6 Å². The van der Waals surface area contributed by atoms with E-state index in [-0.39, 0.29) is 5.92 Å². The fourth-order valence-electron chi connectivity index (χ4n) is 3.91. The van der Waals surface area contributed by atoms with E-state index in [1.165, 1.54) is 0 Å². The largest absolute Gasteiger partial charge is 0.444 e. The van der Waals surface area contributed by atoms with Crippen molar-refractivity contribution in [2.45, 2.75) is 59.0 Å². The maximum absolute atomic E-state index is 12.6. The first-order valence-electron chi connectivity index (χ1n) is 11.5. The van der Waals surface area contributed by atoms with Crippen molar-refractivity contribution in [1.29, 1.82) is 0 Å². The van der Waals surface area contributed by atoms with Crippen LogP contribution in [0.2, 0.25) is 0 Å². The number of guanidine groups is 1. The smallest absolute Gasteiger partial charge is 0.226 e. The number of carbonyl (C=O) groups is 1. The lowest BCUT2D eigenvalue weighted by molar-refractivity contribution is -0.136. The third kappa shape index (κ3) is 6.32. The average molecular weight is 426 g/mol. The molecule has 0 atom stereocenters. The number of oxazole rings is 1. The number of aromatic nitrogens is 1. The Morgan fingerprint density at radius 2 is 1.90 bits per heavy atom. The van der Waals surface area contributed by atoms with E-state index < -0.39 is 0 Å². The van der Waals surface area contributed by atoms with Crippen molar-refractivity contribution >= 4 is 11.9 Å². The Labute approximate surface area is 185 Å². The van der Waals surface area contributed by atoms with Crippen LogP contribution in [0.15, 0.2) is 46.0 Å². The van der Waals surface area contributed by atoms with Gasteiger partial charge in [0.2, 0.25) is 11.8 Å². The summed E-state index contributed by atoms with van der Waals surface area (Å²) >= 11 is 0. The van der Waals surface area contributed by atoms with Crippen LogP contribution in [0.5, 0.6) is 0 Å². The van der Waals surface area contributed by atoms with Gasteiger partial charge >= 0.3 is 0 Å². The van der Waals surface area contributed by atoms with E-state index in [9.17, 15) is 4.79 Å². The topological polar surface area (TPSA) is 82.8 Å². The van der Waals surface area contributed by atoms with E-state index in [1.54, 1.807) is 6.26 Å². The fourth-order valence-corrected chi connectivity index (χ4v) is 3.91. The standard InChI is InChI=1S/C24H35N5O2/c1-4-18(5-2)23(30)29-14-12-20(13-15-29)28-24(25-6-3)26-16-21-17-31-22(27-21)19-10-8-7-9-11-19/h7-11,17-18,20H,4-6,12-16H2,1-3H3,(H2,25,26,28). The van der Waals surface area contributed by atoms with Gasteiger partial charge in [0.1, 0.15) is 12.0 Å². The Morgan fingerprint density at radius 1 is 1.19 bits per heavy atom. The molecule has 0 spiro atoms. The van der Waals surface area contributed by atoms with Gasteiger partial charge in [0.25, 0.3) is 0 Å². The van der Waals surface area contributed by atoms with Crippen molar-refractivity contribution in [3.05, 3.63) is 42.3 Å². The number of likely N-dealkylation sites (tertiary alicyclic amines) is 1. The lowest BCUT2D eigenvalue weighted by Crippen LogP contribution is -2.50. The van der Waals surface area contributed by atoms with Crippen molar-refractivity contribution in [3.8, 4) is 11.5 Å². The molecule has 1 aromatic heterocycles. The first-order valence-corrected chi connectivity index (χ1v) is 11.5. The van der Waals surface area contributed by atoms with E-state index in [2.05, 4.69) is 41.4 Å². The normalized spacial score (nSPS) is 15.4. The minimum Gasteiger partial charge on any atom is -0.444 e. The molecule has 1 fully saturated rings. The van der Waals surface area contributed by atoms with Crippen LogP contribution in [-0.2, 0) is 11.3 Å². The number of benzene rings is 1. The monoisotopic (exact) mass is 425 g/mol. The molecule has 1 aliphatic heterocycles. The third-order valence-electron chi connectivity index (χ3n) is 5.80. The lowest BCUT2D eigenvalue weighted by atomic mass is 9.98. The molecule has 7 nitrogen and oxygen atoms in total. The Hall–Kier alpha value is -2.83. The summed E-state index contributed by atoms with van der Waals surface area (Å²) < 4.78 is 5.61. The molecule has 1 aromatic carbocycles. The minimum atomic E-state index is 0.159. The molecule has 0 radical (unpaired) electrons. The molecular weight excluding hydrogens is 390 g/mol. The highest BCUT2D eigenvalue weighted by atomic mass is 16.3. The number of piperidine rings is 1. The summed E-state index contributed by atoms with van der Waals surface area (Å²) in [5.74, 6) is 1.85. The second-order valence-electron chi connectivity index (χ2n) is 7.96. The van der Waals surface area contributed by atoms with E-state index in [4.69, 9.17) is 4.42 Å². The predicted molar refractivity (Wildman–Crippen MR) is 124 cm³/mol. The van der Waals surface area contributed by atoms with Gasteiger partial charge in [0.05, 0.1) is 6.54 Å². The summed E-state index contributed by atoms with van der Waals surface area (Å²) in [6.45, 7) is 9.07. The quantitative estimate of drug-likeness (QED) is 0.496. The fraction of sp³-hybridized carbons (Fsp3) is 0.542. The second-order valence-corrected chi connectivity index (χ2v) is 7.96. The highest BCUT2D eigenvalue weighted by Gasteiger charge is 2.26. The van der Waals surface area contributed by atoms with Crippen LogP contribution in [0, 0.1) is 5.92 Å². The lowest BCUT2D eigenvalue weighted by Gasteiger charge is -2.34. The minimum absolute atomic E-state index is 0.159. The van der Waals surface area contributed by atoms with Crippen molar-refractivity contribution < 1.29 is 9.21 Å². The molecule has 0 bridgehead atoms. The van der Waals surface area contributed by atoms with Crippen LogP contribution in [0.4, 0.5) is 0 Å². The van der Waals surface area contributed by atoms with Gasteiger partial charge in [-0.3, -0.25) is 4.79 Å². The molecule has 3 rings (SSSR count). The average Bonchev–Trinajstić information content (AvgIpc) is 3.28. The SMILES string of the molecule is CCNC(=NCc1coc(-c2ccccc2)n1)NC1CCN(C(=O)C(CC)CC)CC1. The van der Waals surface area contributed by atoms with Gasteiger partial charge in [-0.2, -0.15) is 0 Å². The van der Waals surface area contributed by atoms with Crippen LogP contribution in [0.1, 0.15) is 52.1 Å². The van der Waals surface area contributed by atoms with Crippen LogP contribution >= 0.6 is 0 Å². The van der Waals surface area contributed by atoms with Crippen molar-refractivity contribution in [2.24, 2.45) is 10.9 Å². The number of hydrogen-bond donors (Lipinski definition) is 2. The Morgan fingerprint density at radius 3 is 2.55 bits per heavy atom. The molecule has 2 heterocycles. The molecule has 0 aliphatic carbocycles. The van der Waals surface area contributed by atoms with E-state index in [0.717, 1.165) is 62.5 Å². The first kappa shape index (κ1) is 22.8. The molecule has 2 aromatic rings. The van der Waals surface area contributed by atoms with Gasteiger partial charge in [0, 0.05) is 37.2 Å². The number of amides is 1. The summed E-state index contributed by atoms with van der Waals surface area (Å²) in [6, 6.07) is 10.2. The maximum Gasteiger partial charge on any atom is 0.226 e. The molecule has 1 amide bonds. The molecule has 2 N–H and O–H groups in total. The van der Waals surface area contributed by atoms with Crippen LogP contribution in [-0.4, -0.2) is 47.4 Å². The predicted octanol–water partition coefficient (Wildman–Crippen LogP) is 3.82. The highest BCUT2D eigenvalue weighted by molar-refractivity contribution is 5.80. The maximum atomic E-state index is 12.6. The second kappa shape index (κ2) is 11.5. The summed E-state index contributed by atoms with van der Waals surface area (Å²) in [6.07, 6.45) is 5.35. The number of hydrogen-bond acceptors (Lipinski definition) is 4. The molecule has 0 unspecified atom stereocenters. The Kier molecular flexibility index (Phi) is 8.50. The number of nitrogens with one attached hydrogen (secondary N) is 2. The molecule has 168 valence electrons. The third-order valence-corrected chi connectivity index (χ3v) is 5.80. The number of nitrogens with zero attached hydrogens (tertiary/aromatic N) is 3. The Bertz CT molecular complexity index is 837. The van der Waals surface area contributed by atoms with Gasteiger partial charge < -0.3 is 20.0 Å². The zero-order valence-corrected chi connectivity index (χ0v) is 18.9. The van der Waals surface area contributed by atoms with Crippen molar-refractivity contribution in [3.63, 3.8) is 0 Å². The highest BCUT2D eigenvalue weighted by Crippen LogP contribution is 2.19. The van der Waals surface area contributed by atoms with E-state index >= 15 is 0 Å². The Balaban J connectivity index is 1.54. The van der Waals surface area contributed by atoms with Gasteiger partial charge in [-0.1, -0.05) is 32.0 Å². The molecular formula is C24H35N5O2. The van der Waals surface area contributed by atoms with Gasteiger partial charge in [0.15, 0.2) is 5.96 Å². The van der Waals surface area contributed by atoms with E-state index in [0.29, 0.717) is 24.4 Å². The van der Waals surface area contributed by atoms with Gasteiger partial charge in [-0.05, 0) is 44.7 Å². The zero-order chi connectivity index (χ0) is 22.1.